The number of aromatic nitrogens is 2. The van der Waals surface area contributed by atoms with E-state index in [4.69, 9.17) is 16.3 Å². The topological polar surface area (TPSA) is 109 Å². The number of likely N-dealkylation sites (N-methyl/N-ethyl adjacent to an activating group) is 1. The van der Waals surface area contributed by atoms with E-state index in [0.29, 0.717) is 35.1 Å². The number of hydrogen-bond donors (Lipinski definition) is 3. The lowest BCUT2D eigenvalue weighted by Crippen LogP contribution is -2.46. The van der Waals surface area contributed by atoms with E-state index >= 15 is 0 Å². The number of amides is 2. The average Bonchev–Trinajstić information content (AvgIpc) is 3.33. The van der Waals surface area contributed by atoms with Crippen LogP contribution in [0.1, 0.15) is 56.4 Å². The van der Waals surface area contributed by atoms with Crippen LogP contribution in [0.3, 0.4) is 0 Å². The first-order valence-corrected chi connectivity index (χ1v) is 14.2. The Bertz CT molecular complexity index is 1330. The maximum atomic E-state index is 13.2. The number of nitrogens with one attached hydrogen (secondary N) is 2. The third kappa shape index (κ3) is 9.31. The van der Waals surface area contributed by atoms with Gasteiger partial charge in [-0.15, -0.1) is 0 Å². The van der Waals surface area contributed by atoms with E-state index in [1.807, 2.05) is 69.9 Å². The van der Waals surface area contributed by atoms with Crippen LogP contribution in [-0.4, -0.2) is 70.7 Å². The summed E-state index contributed by atoms with van der Waals surface area (Å²) in [7, 11) is 3.65. The Labute approximate surface area is 247 Å². The molecule has 1 heterocycles. The summed E-state index contributed by atoms with van der Waals surface area (Å²) in [5.41, 5.74) is 2.03. The summed E-state index contributed by atoms with van der Waals surface area (Å²) in [5.74, 6) is 0.705. The molecule has 0 fully saturated rings. The molecule has 0 aliphatic heterocycles. The van der Waals surface area contributed by atoms with Crippen LogP contribution in [0.2, 0.25) is 5.02 Å². The Morgan fingerprint density at radius 3 is 2.37 bits per heavy atom. The molecule has 0 saturated carbocycles. The average molecular weight is 584 g/mol. The summed E-state index contributed by atoms with van der Waals surface area (Å²) in [4.78, 5) is 32.0. The SMILES string of the molecule is CCn1cc(-c2ccc(C[C@@H](CNC(=O)CN(C)C)NC(=O)c3ccc(OC(C)C)c(Cl)c3)cc2)nc1C(C)(C)O. The predicted molar refractivity (Wildman–Crippen MR) is 162 cm³/mol. The normalized spacial score (nSPS) is 12.5. The first-order valence-electron chi connectivity index (χ1n) is 13.8. The highest BCUT2D eigenvalue weighted by Crippen LogP contribution is 2.27. The number of hydrogen-bond acceptors (Lipinski definition) is 6. The first kappa shape index (κ1) is 32.1. The molecule has 1 aromatic heterocycles. The number of rotatable bonds is 13. The fourth-order valence-electron chi connectivity index (χ4n) is 4.40. The zero-order valence-corrected chi connectivity index (χ0v) is 25.7. The number of carbonyl (C=O) groups excluding carboxylic acids is 2. The number of imidazole rings is 1. The van der Waals surface area contributed by atoms with Crippen LogP contribution in [0.4, 0.5) is 0 Å². The van der Waals surface area contributed by atoms with Gasteiger partial charge in [-0.25, -0.2) is 4.98 Å². The van der Waals surface area contributed by atoms with Crippen LogP contribution in [0, 0.1) is 0 Å². The summed E-state index contributed by atoms with van der Waals surface area (Å²) in [6, 6.07) is 12.5. The van der Waals surface area contributed by atoms with Crippen molar-refractivity contribution >= 4 is 23.4 Å². The molecular weight excluding hydrogens is 542 g/mol. The van der Waals surface area contributed by atoms with E-state index in [0.717, 1.165) is 16.8 Å². The van der Waals surface area contributed by atoms with E-state index in [9.17, 15) is 14.7 Å². The first-order chi connectivity index (χ1) is 19.3. The monoisotopic (exact) mass is 583 g/mol. The van der Waals surface area contributed by atoms with Gasteiger partial charge < -0.3 is 29.9 Å². The van der Waals surface area contributed by atoms with Gasteiger partial charge in [0.25, 0.3) is 5.91 Å². The van der Waals surface area contributed by atoms with Crippen LogP contribution in [0.25, 0.3) is 11.3 Å². The largest absolute Gasteiger partial charge is 0.489 e. The molecule has 0 unspecified atom stereocenters. The van der Waals surface area contributed by atoms with Crippen molar-refractivity contribution in [2.24, 2.45) is 0 Å². The number of carbonyl (C=O) groups is 2. The van der Waals surface area contributed by atoms with E-state index in [2.05, 4.69) is 15.6 Å². The smallest absolute Gasteiger partial charge is 0.251 e. The van der Waals surface area contributed by atoms with Crippen molar-refractivity contribution < 1.29 is 19.4 Å². The predicted octanol–water partition coefficient (Wildman–Crippen LogP) is 4.26. The minimum Gasteiger partial charge on any atom is -0.489 e. The molecule has 222 valence electrons. The fraction of sp³-hybridized carbons (Fsp3) is 0.452. The van der Waals surface area contributed by atoms with Gasteiger partial charge in [0.2, 0.25) is 5.91 Å². The maximum Gasteiger partial charge on any atom is 0.251 e. The van der Waals surface area contributed by atoms with Gasteiger partial charge in [-0.1, -0.05) is 35.9 Å². The summed E-state index contributed by atoms with van der Waals surface area (Å²) >= 11 is 6.36. The van der Waals surface area contributed by atoms with Gasteiger partial charge in [0.15, 0.2) is 0 Å². The second-order valence-corrected chi connectivity index (χ2v) is 11.6. The quantitative estimate of drug-likeness (QED) is 0.277. The lowest BCUT2D eigenvalue weighted by Gasteiger charge is -2.21. The molecule has 0 radical (unpaired) electrons. The Morgan fingerprint density at radius 1 is 1.15 bits per heavy atom. The molecule has 10 heteroatoms. The number of aryl methyl sites for hydroxylation is 1. The second-order valence-electron chi connectivity index (χ2n) is 11.2. The molecule has 0 saturated heterocycles. The van der Waals surface area contributed by atoms with E-state index in [-0.39, 0.29) is 37.0 Å². The van der Waals surface area contributed by atoms with Crippen molar-refractivity contribution in [3.63, 3.8) is 0 Å². The molecule has 3 aromatic rings. The van der Waals surface area contributed by atoms with Gasteiger partial charge in [0, 0.05) is 30.4 Å². The molecule has 0 aliphatic carbocycles. The molecule has 3 rings (SSSR count). The number of halogens is 1. The van der Waals surface area contributed by atoms with Crippen molar-refractivity contribution in [2.45, 2.75) is 65.3 Å². The molecular formula is C31H42ClN5O4. The van der Waals surface area contributed by atoms with Crippen LogP contribution in [-0.2, 0) is 23.4 Å². The van der Waals surface area contributed by atoms with Crippen LogP contribution >= 0.6 is 11.6 Å². The van der Waals surface area contributed by atoms with Crippen LogP contribution in [0.5, 0.6) is 5.75 Å². The lowest BCUT2D eigenvalue weighted by atomic mass is 10.0. The Hall–Kier alpha value is -3.40. The van der Waals surface area contributed by atoms with Gasteiger partial charge in [0.1, 0.15) is 17.2 Å². The van der Waals surface area contributed by atoms with Crippen molar-refractivity contribution in [1.82, 2.24) is 25.1 Å². The highest BCUT2D eigenvalue weighted by Gasteiger charge is 2.24. The number of nitrogens with zero attached hydrogens (tertiary/aromatic N) is 3. The van der Waals surface area contributed by atoms with Gasteiger partial charge in [-0.05, 0) is 78.9 Å². The fourth-order valence-corrected chi connectivity index (χ4v) is 4.62. The van der Waals surface area contributed by atoms with Crippen molar-refractivity contribution in [1.29, 1.82) is 0 Å². The molecule has 41 heavy (non-hydrogen) atoms. The zero-order chi connectivity index (χ0) is 30.3. The number of benzene rings is 2. The molecule has 0 aliphatic rings. The Morgan fingerprint density at radius 2 is 1.83 bits per heavy atom. The van der Waals surface area contributed by atoms with Gasteiger partial charge in [-0.3, -0.25) is 9.59 Å². The number of ether oxygens (including phenoxy) is 1. The Balaban J connectivity index is 1.78. The zero-order valence-electron chi connectivity index (χ0n) is 25.0. The van der Waals surface area contributed by atoms with Crippen LogP contribution < -0.4 is 15.4 Å². The highest BCUT2D eigenvalue weighted by atomic mass is 35.5. The lowest BCUT2D eigenvalue weighted by molar-refractivity contribution is -0.121. The van der Waals surface area contributed by atoms with Crippen molar-refractivity contribution in [2.75, 3.05) is 27.2 Å². The Kier molecular flexibility index (Phi) is 11.0. The molecule has 0 bridgehead atoms. The summed E-state index contributed by atoms with van der Waals surface area (Å²) < 4.78 is 7.62. The molecule has 3 N–H and O–H groups in total. The molecule has 1 atom stereocenters. The van der Waals surface area contributed by atoms with Crippen LogP contribution in [0.15, 0.2) is 48.7 Å². The van der Waals surface area contributed by atoms with Gasteiger partial charge >= 0.3 is 0 Å². The van der Waals surface area contributed by atoms with Gasteiger partial charge in [0.05, 0.1) is 29.4 Å². The van der Waals surface area contributed by atoms with E-state index in [1.54, 1.807) is 36.9 Å². The minimum atomic E-state index is -1.05. The summed E-state index contributed by atoms with van der Waals surface area (Å²) in [6.07, 6.45) is 2.39. The van der Waals surface area contributed by atoms with E-state index < -0.39 is 5.60 Å². The third-order valence-electron chi connectivity index (χ3n) is 6.29. The summed E-state index contributed by atoms with van der Waals surface area (Å²) in [6.45, 7) is 10.5. The van der Waals surface area contributed by atoms with Crippen molar-refractivity contribution in [3.8, 4) is 17.0 Å². The molecule has 2 aromatic carbocycles. The van der Waals surface area contributed by atoms with Crippen molar-refractivity contribution in [3.05, 3.63) is 70.6 Å². The maximum absolute atomic E-state index is 13.2. The summed E-state index contributed by atoms with van der Waals surface area (Å²) in [5, 5.41) is 16.8. The molecule has 0 spiro atoms. The van der Waals surface area contributed by atoms with Gasteiger partial charge in [-0.2, -0.15) is 0 Å². The highest BCUT2D eigenvalue weighted by molar-refractivity contribution is 6.32. The standard InChI is InChI=1S/C31H42ClN5O4/c1-8-37-18-26(35-30(37)31(4,5)40)22-11-9-21(10-12-22)15-24(17-33-28(38)19-36(6)7)34-29(39)23-13-14-27(25(32)16-23)41-20(2)3/h9-14,16,18,20,24,40H,8,15,17,19H2,1-7H3,(H,33,38)(H,34,39)/t24-/m0/s1. The third-order valence-corrected chi connectivity index (χ3v) is 6.59. The van der Waals surface area contributed by atoms with E-state index in [1.165, 1.54) is 0 Å². The second kappa shape index (κ2) is 14.0. The molecule has 2 amide bonds. The number of aliphatic hydroxyl groups is 1. The minimum absolute atomic E-state index is 0.0420. The molecule has 9 nitrogen and oxygen atoms in total.